The van der Waals surface area contributed by atoms with Gasteiger partial charge in [0.25, 0.3) is 11.5 Å². The standard InChI is InChI=1S/C17H17N3O4/c1-11-5-6-14-18-8-12(16(22)20(14)9-11)15(21)19-10-17(2,23)13-4-3-7-24-13/h3-9,23H,10H2,1-2H3,(H,19,21). The zero-order valence-corrected chi connectivity index (χ0v) is 13.3. The zero-order chi connectivity index (χ0) is 17.3. The summed E-state index contributed by atoms with van der Waals surface area (Å²) in [5.74, 6) is -0.276. The SMILES string of the molecule is Cc1ccc2ncc(C(=O)NCC(C)(O)c3ccco3)c(=O)n2c1. The molecular weight excluding hydrogens is 310 g/mol. The monoisotopic (exact) mass is 327 g/mol. The molecule has 0 bridgehead atoms. The highest BCUT2D eigenvalue weighted by atomic mass is 16.4. The van der Waals surface area contributed by atoms with Gasteiger partial charge < -0.3 is 14.8 Å². The van der Waals surface area contributed by atoms with Crippen molar-refractivity contribution >= 4 is 11.6 Å². The number of rotatable bonds is 4. The van der Waals surface area contributed by atoms with Gasteiger partial charge in [0, 0.05) is 12.4 Å². The molecule has 0 aromatic carbocycles. The number of hydrogen-bond acceptors (Lipinski definition) is 5. The van der Waals surface area contributed by atoms with Crippen LogP contribution in [0.25, 0.3) is 5.65 Å². The summed E-state index contributed by atoms with van der Waals surface area (Å²) in [7, 11) is 0. The minimum atomic E-state index is -1.38. The molecule has 124 valence electrons. The maximum absolute atomic E-state index is 12.5. The topological polar surface area (TPSA) is 96.8 Å². The molecule has 3 aromatic rings. The summed E-state index contributed by atoms with van der Waals surface area (Å²) in [5, 5.41) is 12.9. The van der Waals surface area contributed by atoms with E-state index >= 15 is 0 Å². The van der Waals surface area contributed by atoms with Gasteiger partial charge in [0.05, 0.1) is 12.8 Å². The molecule has 3 rings (SSSR count). The molecule has 3 heterocycles. The van der Waals surface area contributed by atoms with Crippen molar-refractivity contribution < 1.29 is 14.3 Å². The van der Waals surface area contributed by atoms with Gasteiger partial charge in [0.15, 0.2) is 0 Å². The first-order chi connectivity index (χ1) is 11.4. The number of furan rings is 1. The van der Waals surface area contributed by atoms with E-state index in [4.69, 9.17) is 4.42 Å². The van der Waals surface area contributed by atoms with E-state index in [1.807, 2.05) is 13.0 Å². The second-order valence-electron chi connectivity index (χ2n) is 5.85. The molecule has 1 amide bonds. The van der Waals surface area contributed by atoms with Crippen LogP contribution in [0.15, 0.2) is 52.1 Å². The fourth-order valence-corrected chi connectivity index (χ4v) is 2.36. The Balaban J connectivity index is 1.84. The van der Waals surface area contributed by atoms with E-state index in [0.717, 1.165) is 5.56 Å². The lowest BCUT2D eigenvalue weighted by atomic mass is 10.0. The molecule has 2 N–H and O–H groups in total. The van der Waals surface area contributed by atoms with E-state index in [0.29, 0.717) is 11.4 Å². The van der Waals surface area contributed by atoms with Crippen LogP contribution in [0.5, 0.6) is 0 Å². The van der Waals surface area contributed by atoms with Crippen molar-refractivity contribution in [1.29, 1.82) is 0 Å². The van der Waals surface area contributed by atoms with Crippen LogP contribution in [0, 0.1) is 6.92 Å². The van der Waals surface area contributed by atoms with E-state index < -0.39 is 17.1 Å². The molecule has 7 heteroatoms. The van der Waals surface area contributed by atoms with Crippen LogP contribution < -0.4 is 10.9 Å². The average molecular weight is 327 g/mol. The Bertz CT molecular complexity index is 942. The van der Waals surface area contributed by atoms with Crippen LogP contribution in [-0.2, 0) is 5.60 Å². The number of aliphatic hydroxyl groups is 1. The maximum Gasteiger partial charge on any atom is 0.270 e. The number of fused-ring (bicyclic) bond motifs is 1. The van der Waals surface area contributed by atoms with Crippen LogP contribution in [0.1, 0.15) is 28.6 Å². The number of aromatic nitrogens is 2. The molecule has 0 aliphatic carbocycles. The van der Waals surface area contributed by atoms with Gasteiger partial charge in [-0.25, -0.2) is 4.98 Å². The number of carbonyl (C=O) groups excluding carboxylic acids is 1. The van der Waals surface area contributed by atoms with E-state index in [1.165, 1.54) is 23.8 Å². The van der Waals surface area contributed by atoms with Crippen molar-refractivity contribution in [3.8, 4) is 0 Å². The summed E-state index contributed by atoms with van der Waals surface area (Å²) < 4.78 is 6.48. The fraction of sp³-hybridized carbons (Fsp3) is 0.235. The first-order valence-corrected chi connectivity index (χ1v) is 7.41. The Hall–Kier alpha value is -2.93. The number of pyridine rings is 1. The number of carbonyl (C=O) groups is 1. The minimum Gasteiger partial charge on any atom is -0.466 e. The molecule has 0 aliphatic heterocycles. The minimum absolute atomic E-state index is 0.0895. The van der Waals surface area contributed by atoms with Crippen molar-refractivity contribution in [1.82, 2.24) is 14.7 Å². The Morgan fingerprint density at radius 2 is 2.21 bits per heavy atom. The molecule has 0 aliphatic rings. The third kappa shape index (κ3) is 2.93. The van der Waals surface area contributed by atoms with E-state index in [-0.39, 0.29) is 12.1 Å². The number of nitrogens with one attached hydrogen (secondary N) is 1. The van der Waals surface area contributed by atoms with Gasteiger partial charge in [-0.2, -0.15) is 0 Å². The molecule has 7 nitrogen and oxygen atoms in total. The van der Waals surface area contributed by atoms with Gasteiger partial charge >= 0.3 is 0 Å². The highest BCUT2D eigenvalue weighted by Gasteiger charge is 2.27. The molecule has 0 saturated heterocycles. The molecular formula is C17H17N3O4. The molecule has 24 heavy (non-hydrogen) atoms. The normalized spacial score (nSPS) is 13.6. The summed E-state index contributed by atoms with van der Waals surface area (Å²) >= 11 is 0. The van der Waals surface area contributed by atoms with Gasteiger partial charge in [-0.3, -0.25) is 14.0 Å². The largest absolute Gasteiger partial charge is 0.466 e. The van der Waals surface area contributed by atoms with Crippen LogP contribution in [0.3, 0.4) is 0 Å². The Morgan fingerprint density at radius 1 is 1.42 bits per heavy atom. The smallest absolute Gasteiger partial charge is 0.270 e. The fourth-order valence-electron chi connectivity index (χ4n) is 2.36. The lowest BCUT2D eigenvalue weighted by Gasteiger charge is -2.21. The Labute approximate surface area is 137 Å². The lowest BCUT2D eigenvalue weighted by Crippen LogP contribution is -2.40. The first-order valence-electron chi connectivity index (χ1n) is 7.41. The third-order valence-electron chi connectivity index (χ3n) is 3.74. The molecule has 0 spiro atoms. The Kier molecular flexibility index (Phi) is 3.94. The van der Waals surface area contributed by atoms with Crippen molar-refractivity contribution in [3.63, 3.8) is 0 Å². The van der Waals surface area contributed by atoms with Gasteiger partial charge in [0.1, 0.15) is 22.6 Å². The van der Waals surface area contributed by atoms with Gasteiger partial charge in [-0.1, -0.05) is 6.07 Å². The quantitative estimate of drug-likeness (QED) is 0.751. The van der Waals surface area contributed by atoms with Gasteiger partial charge in [0.2, 0.25) is 0 Å². The predicted molar refractivity (Wildman–Crippen MR) is 86.8 cm³/mol. The number of nitrogens with zero attached hydrogens (tertiary/aromatic N) is 2. The van der Waals surface area contributed by atoms with E-state index in [9.17, 15) is 14.7 Å². The van der Waals surface area contributed by atoms with Gasteiger partial charge in [-0.15, -0.1) is 0 Å². The number of amides is 1. The molecule has 0 fully saturated rings. The second-order valence-corrected chi connectivity index (χ2v) is 5.85. The highest BCUT2D eigenvalue weighted by Crippen LogP contribution is 2.19. The van der Waals surface area contributed by atoms with Gasteiger partial charge in [-0.05, 0) is 37.6 Å². The number of hydrogen-bond donors (Lipinski definition) is 2. The van der Waals surface area contributed by atoms with Crippen LogP contribution in [-0.4, -0.2) is 26.9 Å². The highest BCUT2D eigenvalue weighted by molar-refractivity contribution is 5.93. The van der Waals surface area contributed by atoms with E-state index in [2.05, 4.69) is 10.3 Å². The van der Waals surface area contributed by atoms with E-state index in [1.54, 1.807) is 24.4 Å². The summed E-state index contributed by atoms with van der Waals surface area (Å²) in [4.78, 5) is 28.9. The molecule has 3 aromatic heterocycles. The third-order valence-corrected chi connectivity index (χ3v) is 3.74. The van der Waals surface area contributed by atoms with Crippen LogP contribution in [0.4, 0.5) is 0 Å². The number of aryl methyl sites for hydroxylation is 1. The summed E-state index contributed by atoms with van der Waals surface area (Å²) in [6.07, 6.45) is 4.30. The van der Waals surface area contributed by atoms with Crippen molar-refractivity contribution in [2.45, 2.75) is 19.4 Å². The molecule has 0 saturated carbocycles. The Morgan fingerprint density at radius 3 is 2.92 bits per heavy atom. The second kappa shape index (κ2) is 5.93. The first kappa shape index (κ1) is 15.9. The van der Waals surface area contributed by atoms with Crippen molar-refractivity contribution in [2.75, 3.05) is 6.54 Å². The van der Waals surface area contributed by atoms with Crippen molar-refractivity contribution in [2.24, 2.45) is 0 Å². The average Bonchev–Trinajstić information content (AvgIpc) is 3.09. The molecule has 1 atom stereocenters. The summed E-state index contributed by atoms with van der Waals surface area (Å²) in [6.45, 7) is 3.26. The maximum atomic E-state index is 12.5. The summed E-state index contributed by atoms with van der Waals surface area (Å²) in [6, 6.07) is 6.80. The molecule has 0 radical (unpaired) electrons. The lowest BCUT2D eigenvalue weighted by molar-refractivity contribution is 0.0330. The van der Waals surface area contributed by atoms with Crippen LogP contribution in [0.2, 0.25) is 0 Å². The zero-order valence-electron chi connectivity index (χ0n) is 13.3. The predicted octanol–water partition coefficient (Wildman–Crippen LogP) is 1.23. The summed E-state index contributed by atoms with van der Waals surface area (Å²) in [5.41, 5.74) is -0.586. The van der Waals surface area contributed by atoms with Crippen molar-refractivity contribution in [3.05, 3.63) is 70.2 Å². The van der Waals surface area contributed by atoms with Crippen LogP contribution >= 0.6 is 0 Å². The molecule has 1 unspecified atom stereocenters.